The van der Waals surface area contributed by atoms with Crippen molar-refractivity contribution in [1.82, 2.24) is 24.7 Å². The van der Waals surface area contributed by atoms with E-state index >= 15 is 0 Å². The Morgan fingerprint density at radius 3 is 3.00 bits per heavy atom. The number of nitrogens with zero attached hydrogens (tertiary/aromatic N) is 6. The van der Waals surface area contributed by atoms with E-state index in [1.54, 1.807) is 11.6 Å². The molecule has 10 heteroatoms. The van der Waals surface area contributed by atoms with E-state index in [2.05, 4.69) is 25.5 Å². The highest BCUT2D eigenvalue weighted by molar-refractivity contribution is 5.56. The molecule has 2 aromatic heterocycles. The van der Waals surface area contributed by atoms with E-state index in [9.17, 15) is 10.1 Å². The largest absolute Gasteiger partial charge is 0.368 e. The van der Waals surface area contributed by atoms with Gasteiger partial charge in [-0.1, -0.05) is 0 Å². The summed E-state index contributed by atoms with van der Waals surface area (Å²) in [6, 6.07) is 0. The van der Waals surface area contributed by atoms with Gasteiger partial charge in [0.15, 0.2) is 5.82 Å². The van der Waals surface area contributed by atoms with Gasteiger partial charge in [-0.2, -0.15) is 4.98 Å². The van der Waals surface area contributed by atoms with Crippen molar-refractivity contribution in [3.8, 4) is 0 Å². The van der Waals surface area contributed by atoms with Gasteiger partial charge in [0, 0.05) is 7.05 Å². The maximum Gasteiger partial charge on any atom is 0.329 e. The van der Waals surface area contributed by atoms with Crippen LogP contribution < -0.4 is 11.1 Å². The SMILES string of the molecule is Cn1cnnc1CNc1nc(N)ncc1[N+](=O)[O-]. The molecule has 10 nitrogen and oxygen atoms in total. The number of hydrogen-bond acceptors (Lipinski definition) is 8. The normalized spacial score (nSPS) is 10.3. The van der Waals surface area contributed by atoms with Crippen molar-refractivity contribution >= 4 is 17.5 Å². The van der Waals surface area contributed by atoms with Gasteiger partial charge < -0.3 is 15.6 Å². The molecule has 0 unspecified atom stereocenters. The molecule has 0 aliphatic carbocycles. The minimum Gasteiger partial charge on any atom is -0.368 e. The molecular formula is C8H10N8O2. The minimum atomic E-state index is -0.585. The Morgan fingerprint density at radius 2 is 2.39 bits per heavy atom. The van der Waals surface area contributed by atoms with Gasteiger partial charge in [-0.3, -0.25) is 10.1 Å². The summed E-state index contributed by atoms with van der Waals surface area (Å²) in [6.07, 6.45) is 2.58. The van der Waals surface area contributed by atoms with Crippen molar-refractivity contribution in [2.45, 2.75) is 6.54 Å². The molecule has 18 heavy (non-hydrogen) atoms. The minimum absolute atomic E-state index is 0.0407. The molecule has 0 radical (unpaired) electrons. The lowest BCUT2D eigenvalue weighted by molar-refractivity contribution is -0.384. The van der Waals surface area contributed by atoms with Crippen LogP contribution in [0.3, 0.4) is 0 Å². The molecule has 0 atom stereocenters. The van der Waals surface area contributed by atoms with E-state index < -0.39 is 4.92 Å². The smallest absolute Gasteiger partial charge is 0.329 e. The number of nitro groups is 1. The van der Waals surface area contributed by atoms with Crippen LogP contribution in [0, 0.1) is 10.1 Å². The molecule has 0 aliphatic rings. The van der Waals surface area contributed by atoms with Gasteiger partial charge in [0.2, 0.25) is 11.8 Å². The molecule has 0 amide bonds. The third kappa shape index (κ3) is 2.31. The lowest BCUT2D eigenvalue weighted by Gasteiger charge is -2.05. The highest BCUT2D eigenvalue weighted by Crippen LogP contribution is 2.21. The molecule has 2 heterocycles. The molecule has 2 rings (SSSR count). The highest BCUT2D eigenvalue weighted by atomic mass is 16.6. The Bertz CT molecular complexity index is 580. The molecular weight excluding hydrogens is 240 g/mol. The number of hydrogen-bond donors (Lipinski definition) is 2. The van der Waals surface area contributed by atoms with Crippen LogP contribution in [-0.2, 0) is 13.6 Å². The zero-order valence-electron chi connectivity index (χ0n) is 9.44. The van der Waals surface area contributed by atoms with Crippen LogP contribution in [-0.4, -0.2) is 29.7 Å². The number of nitrogens with two attached hydrogens (primary N) is 1. The average molecular weight is 250 g/mol. The van der Waals surface area contributed by atoms with E-state index in [0.717, 1.165) is 6.20 Å². The van der Waals surface area contributed by atoms with Gasteiger partial charge in [-0.25, -0.2) is 4.98 Å². The van der Waals surface area contributed by atoms with Gasteiger partial charge in [-0.15, -0.1) is 10.2 Å². The molecule has 0 aromatic carbocycles. The molecule has 2 aromatic rings. The van der Waals surface area contributed by atoms with Crippen LogP contribution in [0.1, 0.15) is 5.82 Å². The fourth-order valence-corrected chi connectivity index (χ4v) is 1.28. The molecule has 0 bridgehead atoms. The Morgan fingerprint density at radius 1 is 1.61 bits per heavy atom. The van der Waals surface area contributed by atoms with E-state index in [1.807, 2.05) is 0 Å². The van der Waals surface area contributed by atoms with Crippen LogP contribution in [0.2, 0.25) is 0 Å². The maximum absolute atomic E-state index is 10.8. The summed E-state index contributed by atoms with van der Waals surface area (Å²) in [6.45, 7) is 0.244. The Kier molecular flexibility index (Phi) is 3.00. The van der Waals surface area contributed by atoms with Crippen molar-refractivity contribution < 1.29 is 4.92 Å². The van der Waals surface area contributed by atoms with Gasteiger partial charge in [0.05, 0.1) is 11.5 Å². The standard InChI is InChI=1S/C8H10N8O2/c1-15-4-12-14-6(15)3-10-7-5(16(17)18)2-11-8(9)13-7/h2,4H,3H2,1H3,(H3,9,10,11,13). The Balaban J connectivity index is 2.20. The topological polar surface area (TPSA) is 138 Å². The lowest BCUT2D eigenvalue weighted by atomic mass is 10.4. The fraction of sp³-hybridized carbons (Fsp3) is 0.250. The first-order chi connectivity index (χ1) is 8.58. The second-order valence-electron chi connectivity index (χ2n) is 3.43. The average Bonchev–Trinajstić information content (AvgIpc) is 2.72. The van der Waals surface area contributed by atoms with Crippen LogP contribution >= 0.6 is 0 Å². The first kappa shape index (κ1) is 11.7. The fourth-order valence-electron chi connectivity index (χ4n) is 1.28. The van der Waals surface area contributed by atoms with Crippen molar-refractivity contribution in [2.24, 2.45) is 7.05 Å². The lowest BCUT2D eigenvalue weighted by Crippen LogP contribution is -2.10. The summed E-state index contributed by atoms with van der Waals surface area (Å²) < 4.78 is 1.68. The number of nitrogens with one attached hydrogen (secondary N) is 1. The van der Waals surface area contributed by atoms with Crippen LogP contribution in [0.25, 0.3) is 0 Å². The summed E-state index contributed by atoms with van der Waals surface area (Å²) in [5.41, 5.74) is 5.14. The zero-order valence-corrected chi connectivity index (χ0v) is 9.44. The van der Waals surface area contributed by atoms with Gasteiger partial charge in [0.25, 0.3) is 0 Å². The molecule has 94 valence electrons. The van der Waals surface area contributed by atoms with Gasteiger partial charge in [-0.05, 0) is 0 Å². The molecule has 0 saturated carbocycles. The summed E-state index contributed by atoms with van der Waals surface area (Å²) in [7, 11) is 1.76. The molecule has 0 spiro atoms. The number of anilines is 2. The summed E-state index contributed by atoms with van der Waals surface area (Å²) in [5.74, 6) is 0.623. The van der Waals surface area contributed by atoms with Crippen LogP contribution in [0.15, 0.2) is 12.5 Å². The molecule has 0 saturated heterocycles. The number of aryl methyl sites for hydroxylation is 1. The predicted octanol–water partition coefficient (Wildman–Crippen LogP) is -0.292. The molecule has 0 fully saturated rings. The van der Waals surface area contributed by atoms with Gasteiger partial charge in [0.1, 0.15) is 12.5 Å². The van der Waals surface area contributed by atoms with Gasteiger partial charge >= 0.3 is 5.69 Å². The van der Waals surface area contributed by atoms with Crippen LogP contribution in [0.4, 0.5) is 17.5 Å². The van der Waals surface area contributed by atoms with E-state index in [1.165, 1.54) is 6.33 Å². The summed E-state index contributed by atoms with van der Waals surface area (Å²) in [5, 5.41) is 21.1. The Hall–Kier alpha value is -2.78. The van der Waals surface area contributed by atoms with Crippen molar-refractivity contribution in [3.05, 3.63) is 28.5 Å². The van der Waals surface area contributed by atoms with Crippen molar-refractivity contribution in [1.29, 1.82) is 0 Å². The molecule has 0 aliphatic heterocycles. The monoisotopic (exact) mass is 250 g/mol. The Labute approximate surface area is 101 Å². The third-order valence-electron chi connectivity index (χ3n) is 2.20. The maximum atomic E-state index is 10.8. The first-order valence-electron chi connectivity index (χ1n) is 4.91. The number of rotatable bonds is 4. The molecule has 3 N–H and O–H groups in total. The third-order valence-corrected chi connectivity index (χ3v) is 2.20. The van der Waals surface area contributed by atoms with Crippen molar-refractivity contribution in [3.63, 3.8) is 0 Å². The van der Waals surface area contributed by atoms with Crippen molar-refractivity contribution in [2.75, 3.05) is 11.1 Å². The van der Waals surface area contributed by atoms with E-state index in [4.69, 9.17) is 5.73 Å². The van der Waals surface area contributed by atoms with E-state index in [0.29, 0.717) is 5.82 Å². The second kappa shape index (κ2) is 4.61. The highest BCUT2D eigenvalue weighted by Gasteiger charge is 2.16. The number of aromatic nitrogens is 5. The number of nitrogen functional groups attached to an aromatic ring is 1. The van der Waals surface area contributed by atoms with Crippen LogP contribution in [0.5, 0.6) is 0 Å². The first-order valence-corrected chi connectivity index (χ1v) is 4.91. The summed E-state index contributed by atoms with van der Waals surface area (Å²) in [4.78, 5) is 17.5. The quantitative estimate of drug-likeness (QED) is 0.557. The predicted molar refractivity (Wildman–Crippen MR) is 61.4 cm³/mol. The zero-order chi connectivity index (χ0) is 13.1. The van der Waals surface area contributed by atoms with E-state index in [-0.39, 0.29) is 24.0 Å². The summed E-state index contributed by atoms with van der Waals surface area (Å²) >= 11 is 0. The second-order valence-corrected chi connectivity index (χ2v) is 3.43.